The number of carbonyl (C=O) groups is 2. The lowest BCUT2D eigenvalue weighted by molar-refractivity contribution is -0.122. The van der Waals surface area contributed by atoms with E-state index in [4.69, 9.17) is 17.0 Å². The maximum Gasteiger partial charge on any atom is 0.239 e. The molecular formula is C13H14N2O3S2. The Labute approximate surface area is 126 Å². The summed E-state index contributed by atoms with van der Waals surface area (Å²) in [6.07, 6.45) is 0.0805. The van der Waals surface area contributed by atoms with Gasteiger partial charge in [0.15, 0.2) is 0 Å². The van der Waals surface area contributed by atoms with Crippen molar-refractivity contribution in [3.8, 4) is 5.75 Å². The van der Waals surface area contributed by atoms with Gasteiger partial charge in [0.05, 0.1) is 17.5 Å². The Morgan fingerprint density at radius 2 is 2.25 bits per heavy atom. The molecule has 0 saturated carbocycles. The average molecular weight is 310 g/mol. The van der Waals surface area contributed by atoms with E-state index in [0.717, 1.165) is 0 Å². The molecule has 1 fully saturated rings. The molecule has 0 aromatic heterocycles. The normalized spacial score (nSPS) is 17.8. The van der Waals surface area contributed by atoms with Crippen molar-refractivity contribution in [2.24, 2.45) is 0 Å². The number of nitrogens with one attached hydrogen (secondary N) is 2. The summed E-state index contributed by atoms with van der Waals surface area (Å²) in [5.41, 5.74) is 0.602. The molecule has 20 heavy (non-hydrogen) atoms. The highest BCUT2D eigenvalue weighted by Crippen LogP contribution is 2.26. The number of hydrogen-bond acceptors (Lipinski definition) is 5. The quantitative estimate of drug-likeness (QED) is 0.814. The van der Waals surface area contributed by atoms with E-state index in [9.17, 15) is 9.59 Å². The van der Waals surface area contributed by atoms with Crippen LogP contribution in [-0.2, 0) is 9.59 Å². The molecule has 2 rings (SSSR count). The van der Waals surface area contributed by atoms with Crippen molar-refractivity contribution in [1.29, 1.82) is 0 Å². The molecule has 5 nitrogen and oxygen atoms in total. The molecular weight excluding hydrogens is 296 g/mol. The van der Waals surface area contributed by atoms with Crippen LogP contribution in [0, 0.1) is 0 Å². The second kappa shape index (κ2) is 6.71. The number of para-hydroxylation sites is 2. The maximum atomic E-state index is 12.0. The van der Waals surface area contributed by atoms with Crippen LogP contribution in [0.5, 0.6) is 5.75 Å². The lowest BCUT2D eigenvalue weighted by Gasteiger charge is -2.12. The first-order chi connectivity index (χ1) is 9.60. The fraction of sp³-hybridized carbons (Fsp3) is 0.308. The summed E-state index contributed by atoms with van der Waals surface area (Å²) in [4.78, 5) is 23.5. The Morgan fingerprint density at radius 3 is 2.90 bits per heavy atom. The molecule has 2 amide bonds. The Balaban J connectivity index is 1.98. The smallest absolute Gasteiger partial charge is 0.239 e. The molecule has 0 bridgehead atoms. The molecule has 1 aliphatic rings. The lowest BCUT2D eigenvalue weighted by Crippen LogP contribution is -2.27. The van der Waals surface area contributed by atoms with Gasteiger partial charge < -0.3 is 15.4 Å². The van der Waals surface area contributed by atoms with Gasteiger partial charge in [-0.05, 0) is 19.1 Å². The number of thiocarbonyl (C=S) groups is 1. The molecule has 1 aromatic carbocycles. The first-order valence-corrected chi connectivity index (χ1v) is 7.42. The topological polar surface area (TPSA) is 67.4 Å². The Morgan fingerprint density at radius 1 is 1.50 bits per heavy atom. The van der Waals surface area contributed by atoms with Crippen molar-refractivity contribution < 1.29 is 14.3 Å². The molecule has 1 aliphatic heterocycles. The molecule has 1 atom stereocenters. The highest BCUT2D eigenvalue weighted by Gasteiger charge is 2.31. The van der Waals surface area contributed by atoms with Crippen molar-refractivity contribution >= 4 is 45.8 Å². The first-order valence-electron chi connectivity index (χ1n) is 6.13. The van der Waals surface area contributed by atoms with E-state index in [1.165, 1.54) is 11.8 Å². The summed E-state index contributed by atoms with van der Waals surface area (Å²) in [6.45, 7) is 2.39. The minimum atomic E-state index is -0.457. The third-order valence-electron chi connectivity index (χ3n) is 2.60. The number of thioether (sulfide) groups is 1. The van der Waals surface area contributed by atoms with Gasteiger partial charge in [-0.25, -0.2) is 0 Å². The molecule has 106 valence electrons. The number of rotatable bonds is 5. The van der Waals surface area contributed by atoms with Crippen molar-refractivity contribution in [1.82, 2.24) is 5.32 Å². The third-order valence-corrected chi connectivity index (χ3v) is 3.97. The van der Waals surface area contributed by atoms with E-state index < -0.39 is 5.25 Å². The van der Waals surface area contributed by atoms with Gasteiger partial charge in [0, 0.05) is 6.42 Å². The highest BCUT2D eigenvalue weighted by atomic mass is 32.2. The molecule has 7 heteroatoms. The van der Waals surface area contributed by atoms with Gasteiger partial charge in [-0.2, -0.15) is 0 Å². The minimum absolute atomic E-state index is 0.0805. The zero-order valence-corrected chi connectivity index (χ0v) is 12.5. The predicted molar refractivity (Wildman–Crippen MR) is 83.0 cm³/mol. The Bertz CT molecular complexity index is 548. The third kappa shape index (κ3) is 3.71. The average Bonchev–Trinajstić information content (AvgIpc) is 2.70. The Hall–Kier alpha value is -1.60. The Kier molecular flexibility index (Phi) is 4.97. The van der Waals surface area contributed by atoms with Gasteiger partial charge >= 0.3 is 0 Å². The van der Waals surface area contributed by atoms with Crippen LogP contribution < -0.4 is 15.4 Å². The predicted octanol–water partition coefficient (Wildman–Crippen LogP) is 1.93. The van der Waals surface area contributed by atoms with Crippen LogP contribution in [0.3, 0.4) is 0 Å². The van der Waals surface area contributed by atoms with Gasteiger partial charge in [0.1, 0.15) is 10.1 Å². The lowest BCUT2D eigenvalue weighted by atomic mass is 10.2. The second-order valence-electron chi connectivity index (χ2n) is 4.06. The standard InChI is InChI=1S/C13H14N2O3S2/c1-2-18-9-6-4-3-5-8(9)14-11(16)7-10-12(17)15-13(19)20-10/h3-6,10H,2,7H2,1H3,(H,14,16)(H,15,17,19)/t10-/m0/s1. The molecule has 0 radical (unpaired) electrons. The number of carbonyl (C=O) groups excluding carboxylic acids is 2. The summed E-state index contributed by atoms with van der Waals surface area (Å²) in [5, 5.41) is 4.82. The van der Waals surface area contributed by atoms with Crippen LogP contribution >= 0.6 is 24.0 Å². The van der Waals surface area contributed by atoms with Crippen LogP contribution in [0.15, 0.2) is 24.3 Å². The van der Waals surface area contributed by atoms with E-state index in [0.29, 0.717) is 22.4 Å². The largest absolute Gasteiger partial charge is 0.492 e. The number of hydrogen-bond donors (Lipinski definition) is 2. The van der Waals surface area contributed by atoms with E-state index in [2.05, 4.69) is 10.6 Å². The highest BCUT2D eigenvalue weighted by molar-refractivity contribution is 8.24. The first kappa shape index (κ1) is 14.8. The maximum absolute atomic E-state index is 12.0. The van der Waals surface area contributed by atoms with Crippen molar-refractivity contribution in [2.75, 3.05) is 11.9 Å². The summed E-state index contributed by atoms with van der Waals surface area (Å²) in [6, 6.07) is 7.18. The SMILES string of the molecule is CCOc1ccccc1NC(=O)C[C@@H]1SC(=S)NC1=O. The van der Waals surface area contributed by atoms with Crippen molar-refractivity contribution in [3.05, 3.63) is 24.3 Å². The van der Waals surface area contributed by atoms with Gasteiger partial charge in [-0.1, -0.05) is 36.1 Å². The van der Waals surface area contributed by atoms with Gasteiger partial charge in [0.25, 0.3) is 0 Å². The minimum Gasteiger partial charge on any atom is -0.492 e. The van der Waals surface area contributed by atoms with Gasteiger partial charge in [0.2, 0.25) is 11.8 Å². The number of amides is 2. The van der Waals surface area contributed by atoms with Crippen molar-refractivity contribution in [2.45, 2.75) is 18.6 Å². The fourth-order valence-corrected chi connectivity index (χ4v) is 3.02. The number of anilines is 1. The van der Waals surface area contributed by atoms with Gasteiger partial charge in [-0.3, -0.25) is 9.59 Å². The molecule has 0 unspecified atom stereocenters. The van der Waals surface area contributed by atoms with E-state index in [1.807, 2.05) is 19.1 Å². The molecule has 0 spiro atoms. The molecule has 2 N–H and O–H groups in total. The summed E-state index contributed by atoms with van der Waals surface area (Å²) >= 11 is 6.10. The zero-order valence-electron chi connectivity index (χ0n) is 10.8. The molecule has 0 aliphatic carbocycles. The molecule has 1 heterocycles. The van der Waals surface area contributed by atoms with Crippen molar-refractivity contribution in [3.63, 3.8) is 0 Å². The van der Waals surface area contributed by atoms with Crippen LogP contribution in [0.1, 0.15) is 13.3 Å². The van der Waals surface area contributed by atoms with Crippen LogP contribution in [0.25, 0.3) is 0 Å². The monoisotopic (exact) mass is 310 g/mol. The second-order valence-corrected chi connectivity index (χ2v) is 5.94. The molecule has 1 aromatic rings. The van der Waals surface area contributed by atoms with E-state index >= 15 is 0 Å². The number of benzene rings is 1. The van der Waals surface area contributed by atoms with Crippen LogP contribution in [0.4, 0.5) is 5.69 Å². The van der Waals surface area contributed by atoms with Gasteiger partial charge in [-0.15, -0.1) is 0 Å². The summed E-state index contributed by atoms with van der Waals surface area (Å²) < 4.78 is 5.85. The fourth-order valence-electron chi connectivity index (χ4n) is 1.75. The number of ether oxygens (including phenoxy) is 1. The summed E-state index contributed by atoms with van der Waals surface area (Å²) in [7, 11) is 0. The molecule has 1 saturated heterocycles. The van der Waals surface area contributed by atoms with Crippen LogP contribution in [-0.4, -0.2) is 28.0 Å². The van der Waals surface area contributed by atoms with Crippen LogP contribution in [0.2, 0.25) is 0 Å². The summed E-state index contributed by atoms with van der Waals surface area (Å²) in [5.74, 6) is 0.158. The van der Waals surface area contributed by atoms with E-state index in [-0.39, 0.29) is 18.2 Å². The zero-order chi connectivity index (χ0) is 14.5. The van der Waals surface area contributed by atoms with E-state index in [1.54, 1.807) is 12.1 Å².